The number of carbonyl (C=O) groups excluding carboxylic acids is 3. The number of aliphatic carboxylic acids is 1. The van der Waals surface area contributed by atoms with E-state index in [1.807, 2.05) is 12.1 Å². The zero-order chi connectivity index (χ0) is 20.6. The fourth-order valence-corrected chi connectivity index (χ4v) is 1.99. The van der Waals surface area contributed by atoms with E-state index >= 15 is 0 Å². The number of amides is 3. The number of aryl methyl sites for hydroxylation is 1. The van der Waals surface area contributed by atoms with Crippen molar-refractivity contribution < 1.29 is 37.5 Å². The number of imide groups is 1. The van der Waals surface area contributed by atoms with Crippen molar-refractivity contribution in [3.05, 3.63) is 42.0 Å². The quantitative estimate of drug-likeness (QED) is 0.300. The van der Waals surface area contributed by atoms with Crippen molar-refractivity contribution in [1.82, 2.24) is 5.43 Å². The van der Waals surface area contributed by atoms with E-state index in [-0.39, 0.29) is 17.7 Å². The van der Waals surface area contributed by atoms with Crippen molar-refractivity contribution in [2.24, 2.45) is 5.84 Å². The molecule has 2 rings (SSSR count). The second-order valence-electron chi connectivity index (χ2n) is 5.24. The molecule has 0 atom stereocenters. The number of nitrogens with two attached hydrogens (primary N) is 1. The molecule has 1 aromatic carbocycles. The molecular weight excluding hydrogens is 371 g/mol. The Kier molecular flexibility index (Phi) is 7.66. The number of halogens is 3. The van der Waals surface area contributed by atoms with Gasteiger partial charge < -0.3 is 5.11 Å². The summed E-state index contributed by atoms with van der Waals surface area (Å²) in [5, 5.41) is 7.12. The van der Waals surface area contributed by atoms with Gasteiger partial charge in [0.25, 0.3) is 11.8 Å². The van der Waals surface area contributed by atoms with E-state index in [0.717, 1.165) is 16.9 Å². The maximum atomic E-state index is 11.5. The van der Waals surface area contributed by atoms with Crippen LogP contribution < -0.4 is 16.2 Å². The molecule has 0 fully saturated rings. The van der Waals surface area contributed by atoms with E-state index in [4.69, 9.17) is 15.7 Å². The Morgan fingerprint density at radius 2 is 1.56 bits per heavy atom. The summed E-state index contributed by atoms with van der Waals surface area (Å²) >= 11 is 0. The van der Waals surface area contributed by atoms with Gasteiger partial charge >= 0.3 is 12.1 Å². The molecule has 0 unspecified atom stereocenters. The lowest BCUT2D eigenvalue weighted by Crippen LogP contribution is -2.29. The van der Waals surface area contributed by atoms with Gasteiger partial charge in [0.05, 0.1) is 5.69 Å². The number of hydrogen-bond acceptors (Lipinski definition) is 5. The summed E-state index contributed by atoms with van der Waals surface area (Å²) in [6, 6.07) is 7.13. The van der Waals surface area contributed by atoms with E-state index in [1.165, 1.54) is 12.2 Å². The van der Waals surface area contributed by atoms with Crippen LogP contribution in [-0.4, -0.2) is 35.0 Å². The number of rotatable bonds is 5. The summed E-state index contributed by atoms with van der Waals surface area (Å²) in [5.74, 6) is 1.38. The molecule has 11 heteroatoms. The first-order chi connectivity index (χ1) is 12.6. The molecule has 27 heavy (non-hydrogen) atoms. The van der Waals surface area contributed by atoms with Crippen molar-refractivity contribution in [3.63, 3.8) is 0 Å². The van der Waals surface area contributed by atoms with Crippen LogP contribution in [0.25, 0.3) is 0 Å². The average molecular weight is 387 g/mol. The molecule has 0 radical (unpaired) electrons. The van der Waals surface area contributed by atoms with Crippen molar-refractivity contribution in [3.8, 4) is 0 Å². The highest BCUT2D eigenvalue weighted by atomic mass is 19.4. The number of alkyl halides is 3. The zero-order valence-electron chi connectivity index (χ0n) is 13.8. The highest BCUT2D eigenvalue weighted by Crippen LogP contribution is 2.20. The number of benzene rings is 1. The molecule has 1 aliphatic heterocycles. The molecule has 0 aromatic heterocycles. The molecule has 1 aromatic rings. The first kappa shape index (κ1) is 21.8. The van der Waals surface area contributed by atoms with Gasteiger partial charge in [0.15, 0.2) is 0 Å². The first-order valence-electron chi connectivity index (χ1n) is 7.51. The largest absolute Gasteiger partial charge is 0.490 e. The SMILES string of the molecule is NNC(=O)CCCc1ccc(N2C(=O)C=CC2=O)cc1.O=C(O)C(F)(F)F. The van der Waals surface area contributed by atoms with Crippen LogP contribution >= 0.6 is 0 Å². The van der Waals surface area contributed by atoms with Crippen LogP contribution in [0.4, 0.5) is 18.9 Å². The molecule has 8 nitrogen and oxygen atoms in total. The maximum Gasteiger partial charge on any atom is 0.490 e. The van der Waals surface area contributed by atoms with Gasteiger partial charge in [-0.25, -0.2) is 15.5 Å². The van der Waals surface area contributed by atoms with Crippen molar-refractivity contribution in [1.29, 1.82) is 0 Å². The zero-order valence-corrected chi connectivity index (χ0v) is 13.8. The summed E-state index contributed by atoms with van der Waals surface area (Å²) in [7, 11) is 0. The molecule has 146 valence electrons. The Bertz CT molecular complexity index is 727. The number of nitrogens with one attached hydrogen (secondary N) is 1. The van der Waals surface area contributed by atoms with Gasteiger partial charge in [-0.1, -0.05) is 12.1 Å². The lowest BCUT2D eigenvalue weighted by Gasteiger charge is -2.14. The van der Waals surface area contributed by atoms with E-state index in [0.29, 0.717) is 18.5 Å². The number of hydrazine groups is 1. The van der Waals surface area contributed by atoms with Crippen molar-refractivity contribution in [2.45, 2.75) is 25.4 Å². The number of nitrogens with zero attached hydrogens (tertiary/aromatic N) is 1. The number of carboxylic acids is 1. The Morgan fingerprint density at radius 3 is 1.96 bits per heavy atom. The molecule has 4 N–H and O–H groups in total. The van der Waals surface area contributed by atoms with Gasteiger partial charge in [0.1, 0.15) is 0 Å². The van der Waals surface area contributed by atoms with Crippen LogP contribution in [0.5, 0.6) is 0 Å². The Morgan fingerprint density at radius 1 is 1.07 bits per heavy atom. The number of anilines is 1. The van der Waals surface area contributed by atoms with Crippen LogP contribution in [0.15, 0.2) is 36.4 Å². The predicted molar refractivity (Wildman–Crippen MR) is 87.0 cm³/mol. The number of carbonyl (C=O) groups is 4. The number of hydrogen-bond donors (Lipinski definition) is 3. The topological polar surface area (TPSA) is 130 Å². The molecule has 1 aliphatic rings. The summed E-state index contributed by atoms with van der Waals surface area (Å²) < 4.78 is 31.7. The van der Waals surface area contributed by atoms with Crippen molar-refractivity contribution in [2.75, 3.05) is 4.90 Å². The second-order valence-corrected chi connectivity index (χ2v) is 5.24. The monoisotopic (exact) mass is 387 g/mol. The standard InChI is InChI=1S/C14H15N3O3.C2HF3O2/c15-16-12(18)3-1-2-10-4-6-11(7-5-10)17-13(19)8-9-14(17)20;3-2(4,5)1(6)7/h4-9H,1-3,15H2,(H,16,18);(H,6,7). The third kappa shape index (κ3) is 6.90. The molecule has 0 saturated heterocycles. The lowest BCUT2D eigenvalue weighted by molar-refractivity contribution is -0.192. The third-order valence-electron chi connectivity index (χ3n) is 3.28. The van der Waals surface area contributed by atoms with Gasteiger partial charge in [-0.2, -0.15) is 13.2 Å². The second kappa shape index (κ2) is 9.48. The van der Waals surface area contributed by atoms with Crippen LogP contribution in [0, 0.1) is 0 Å². The van der Waals surface area contributed by atoms with Gasteiger partial charge in [-0.05, 0) is 30.5 Å². The van der Waals surface area contributed by atoms with Crippen LogP contribution in [0.2, 0.25) is 0 Å². The predicted octanol–water partition coefficient (Wildman–Crippen LogP) is 1.06. The third-order valence-corrected chi connectivity index (χ3v) is 3.28. The molecule has 0 aliphatic carbocycles. The fourth-order valence-electron chi connectivity index (χ4n) is 1.99. The molecule has 3 amide bonds. The summed E-state index contributed by atoms with van der Waals surface area (Å²) in [5.41, 5.74) is 3.66. The van der Waals surface area contributed by atoms with E-state index < -0.39 is 12.1 Å². The Labute approximate surface area is 151 Å². The summed E-state index contributed by atoms with van der Waals surface area (Å²) in [6.07, 6.45) is -0.798. The average Bonchev–Trinajstić information content (AvgIpc) is 2.94. The highest BCUT2D eigenvalue weighted by Gasteiger charge is 2.38. The minimum absolute atomic E-state index is 0.194. The van der Waals surface area contributed by atoms with E-state index in [9.17, 15) is 27.6 Å². The fraction of sp³-hybridized carbons (Fsp3) is 0.250. The first-order valence-corrected chi connectivity index (χ1v) is 7.51. The molecule has 0 spiro atoms. The normalized spacial score (nSPS) is 13.3. The minimum atomic E-state index is -5.08. The van der Waals surface area contributed by atoms with Crippen molar-refractivity contribution >= 4 is 29.4 Å². The van der Waals surface area contributed by atoms with Crippen LogP contribution in [0.1, 0.15) is 18.4 Å². The Balaban J connectivity index is 0.000000445. The van der Waals surface area contributed by atoms with Gasteiger partial charge in [-0.15, -0.1) is 0 Å². The lowest BCUT2D eigenvalue weighted by atomic mass is 10.1. The highest BCUT2D eigenvalue weighted by molar-refractivity contribution is 6.28. The molecule has 1 heterocycles. The smallest absolute Gasteiger partial charge is 0.475 e. The van der Waals surface area contributed by atoms with E-state index in [2.05, 4.69) is 5.43 Å². The van der Waals surface area contributed by atoms with Gasteiger partial charge in [-0.3, -0.25) is 19.8 Å². The van der Waals surface area contributed by atoms with Gasteiger partial charge in [0, 0.05) is 18.6 Å². The molecule has 0 saturated carbocycles. The number of carboxylic acid groups (broad SMARTS) is 1. The molecular formula is C16H16F3N3O5. The summed E-state index contributed by atoms with van der Waals surface area (Å²) in [4.78, 5) is 44.0. The Hall–Kier alpha value is -3.21. The maximum absolute atomic E-state index is 11.5. The summed E-state index contributed by atoms with van der Waals surface area (Å²) in [6.45, 7) is 0. The van der Waals surface area contributed by atoms with Crippen LogP contribution in [-0.2, 0) is 25.6 Å². The van der Waals surface area contributed by atoms with Gasteiger partial charge in [0.2, 0.25) is 5.91 Å². The molecule has 0 bridgehead atoms. The minimum Gasteiger partial charge on any atom is -0.475 e. The van der Waals surface area contributed by atoms with Crippen LogP contribution in [0.3, 0.4) is 0 Å². The van der Waals surface area contributed by atoms with E-state index in [1.54, 1.807) is 12.1 Å².